The van der Waals surface area contributed by atoms with E-state index in [-0.39, 0.29) is 5.76 Å². The molecule has 0 aliphatic carbocycles. The zero-order valence-corrected chi connectivity index (χ0v) is 13.6. The van der Waals surface area contributed by atoms with Gasteiger partial charge in [-0.1, -0.05) is 12.1 Å². The average Bonchev–Trinajstić information content (AvgIpc) is 2.97. The molecule has 25 heavy (non-hydrogen) atoms. The Kier molecular flexibility index (Phi) is 3.72. The molecular formula is C19H16O6. The predicted molar refractivity (Wildman–Crippen MR) is 89.7 cm³/mol. The van der Waals surface area contributed by atoms with Gasteiger partial charge in [0.1, 0.15) is 31.2 Å². The highest BCUT2D eigenvalue weighted by Crippen LogP contribution is 2.35. The summed E-state index contributed by atoms with van der Waals surface area (Å²) < 4.78 is 22.4. The van der Waals surface area contributed by atoms with Crippen LogP contribution >= 0.6 is 0 Å². The van der Waals surface area contributed by atoms with Gasteiger partial charge in [0.15, 0.2) is 11.5 Å². The minimum absolute atomic E-state index is 0.0645. The summed E-state index contributed by atoms with van der Waals surface area (Å²) in [7, 11) is 0. The van der Waals surface area contributed by atoms with Crippen LogP contribution in [0.2, 0.25) is 0 Å². The van der Waals surface area contributed by atoms with Gasteiger partial charge in [0.2, 0.25) is 5.76 Å². The first-order valence-electron chi connectivity index (χ1n) is 7.90. The second-order valence-corrected chi connectivity index (χ2v) is 5.76. The summed E-state index contributed by atoms with van der Waals surface area (Å²) in [6, 6.07) is 11.0. The quantitative estimate of drug-likeness (QED) is 0.778. The van der Waals surface area contributed by atoms with E-state index >= 15 is 0 Å². The molecule has 6 heteroatoms. The van der Waals surface area contributed by atoms with Crippen molar-refractivity contribution >= 4 is 16.9 Å². The molecule has 0 amide bonds. The smallest absolute Gasteiger partial charge is 0.372 e. The van der Waals surface area contributed by atoms with Crippen molar-refractivity contribution in [3.63, 3.8) is 0 Å². The van der Waals surface area contributed by atoms with Gasteiger partial charge in [-0.3, -0.25) is 0 Å². The Hall–Kier alpha value is -3.15. The molecule has 0 radical (unpaired) electrons. The molecule has 3 aromatic rings. The molecule has 0 unspecified atom stereocenters. The summed E-state index contributed by atoms with van der Waals surface area (Å²) in [6.45, 7) is 3.12. The fourth-order valence-corrected chi connectivity index (χ4v) is 2.93. The lowest BCUT2D eigenvalue weighted by Crippen LogP contribution is -2.15. The van der Waals surface area contributed by atoms with Gasteiger partial charge in [-0.2, -0.15) is 0 Å². The fourth-order valence-electron chi connectivity index (χ4n) is 2.93. The highest BCUT2D eigenvalue weighted by molar-refractivity contribution is 5.97. The topological polar surface area (TPSA) is 78.1 Å². The normalized spacial score (nSPS) is 13.0. The zero-order valence-electron chi connectivity index (χ0n) is 13.6. The number of benzene rings is 2. The number of fused-ring (bicyclic) bond motifs is 2. The van der Waals surface area contributed by atoms with Crippen LogP contribution in [0.1, 0.15) is 21.7 Å². The standard InChI is InChI=1S/C19H16O6/c1-11-17-14(3-2-4-15(17)25-18(11)19(20)21)24-10-12-5-6-13-16(9-12)23-8-7-22-13/h2-6,9H,7-8,10H2,1H3,(H,20,21). The molecule has 2 aromatic carbocycles. The van der Waals surface area contributed by atoms with Gasteiger partial charge in [-0.15, -0.1) is 0 Å². The lowest BCUT2D eigenvalue weighted by Gasteiger charge is -2.19. The van der Waals surface area contributed by atoms with E-state index in [2.05, 4.69) is 0 Å². The number of carboxylic acid groups (broad SMARTS) is 1. The van der Waals surface area contributed by atoms with Crippen molar-refractivity contribution < 1.29 is 28.5 Å². The predicted octanol–water partition coefficient (Wildman–Crippen LogP) is 3.79. The molecule has 128 valence electrons. The monoisotopic (exact) mass is 340 g/mol. The van der Waals surface area contributed by atoms with E-state index < -0.39 is 5.97 Å². The number of hydrogen-bond donors (Lipinski definition) is 1. The molecule has 1 aromatic heterocycles. The Balaban J connectivity index is 1.62. The summed E-state index contributed by atoms with van der Waals surface area (Å²) in [5, 5.41) is 9.90. The molecule has 2 heterocycles. The van der Waals surface area contributed by atoms with Crippen LogP contribution in [0.4, 0.5) is 0 Å². The summed E-state index contributed by atoms with van der Waals surface area (Å²) in [4.78, 5) is 11.3. The van der Waals surface area contributed by atoms with Gasteiger partial charge in [-0.25, -0.2) is 4.79 Å². The third-order valence-corrected chi connectivity index (χ3v) is 4.11. The molecule has 1 N–H and O–H groups in total. The van der Waals surface area contributed by atoms with Gasteiger partial charge in [0.05, 0.1) is 5.39 Å². The number of rotatable bonds is 4. The highest BCUT2D eigenvalue weighted by Gasteiger charge is 2.19. The first-order valence-corrected chi connectivity index (χ1v) is 7.90. The van der Waals surface area contributed by atoms with E-state index in [1.165, 1.54) is 0 Å². The van der Waals surface area contributed by atoms with Crippen molar-refractivity contribution in [2.24, 2.45) is 0 Å². The molecule has 0 saturated heterocycles. The maximum absolute atomic E-state index is 11.3. The summed E-state index contributed by atoms with van der Waals surface area (Å²) in [6.07, 6.45) is 0. The van der Waals surface area contributed by atoms with Gasteiger partial charge in [-0.05, 0) is 36.8 Å². The SMILES string of the molecule is Cc1c(C(=O)O)oc2cccc(OCc3ccc4c(c3)OCCO4)c12. The van der Waals surface area contributed by atoms with E-state index in [1.54, 1.807) is 25.1 Å². The van der Waals surface area contributed by atoms with Crippen LogP contribution in [0.25, 0.3) is 11.0 Å². The number of carbonyl (C=O) groups is 1. The van der Waals surface area contributed by atoms with E-state index in [9.17, 15) is 9.90 Å². The number of hydrogen-bond acceptors (Lipinski definition) is 5. The minimum Gasteiger partial charge on any atom is -0.488 e. The van der Waals surface area contributed by atoms with E-state index in [0.717, 1.165) is 11.3 Å². The summed E-state index contributed by atoms with van der Waals surface area (Å²) in [5.74, 6) is 0.866. The maximum Gasteiger partial charge on any atom is 0.372 e. The van der Waals surface area contributed by atoms with Crippen molar-refractivity contribution in [2.75, 3.05) is 13.2 Å². The van der Waals surface area contributed by atoms with Crippen LogP contribution in [0.5, 0.6) is 17.2 Å². The molecule has 4 rings (SSSR count). The number of ether oxygens (including phenoxy) is 3. The van der Waals surface area contributed by atoms with Gasteiger partial charge in [0.25, 0.3) is 0 Å². The number of aryl methyl sites for hydroxylation is 1. The average molecular weight is 340 g/mol. The summed E-state index contributed by atoms with van der Waals surface area (Å²) >= 11 is 0. The lowest BCUT2D eigenvalue weighted by atomic mass is 10.1. The van der Waals surface area contributed by atoms with E-state index in [1.807, 2.05) is 18.2 Å². The number of aromatic carboxylic acids is 1. The van der Waals surface area contributed by atoms with Crippen LogP contribution in [-0.2, 0) is 6.61 Å². The minimum atomic E-state index is -1.09. The maximum atomic E-state index is 11.3. The second-order valence-electron chi connectivity index (χ2n) is 5.76. The van der Waals surface area contributed by atoms with Crippen molar-refractivity contribution in [2.45, 2.75) is 13.5 Å². The number of carboxylic acids is 1. The number of furan rings is 1. The van der Waals surface area contributed by atoms with Gasteiger partial charge >= 0.3 is 5.97 Å². The molecule has 0 spiro atoms. The molecule has 0 atom stereocenters. The largest absolute Gasteiger partial charge is 0.488 e. The molecule has 6 nitrogen and oxygen atoms in total. The Bertz CT molecular complexity index is 956. The second kappa shape index (κ2) is 6.05. The van der Waals surface area contributed by atoms with Crippen LogP contribution in [0.3, 0.4) is 0 Å². The molecule has 1 aliphatic rings. The van der Waals surface area contributed by atoms with E-state index in [0.29, 0.717) is 47.9 Å². The third kappa shape index (κ3) is 2.76. The first-order chi connectivity index (χ1) is 12.1. The molecule has 1 aliphatic heterocycles. The van der Waals surface area contributed by atoms with Crippen LogP contribution in [0, 0.1) is 6.92 Å². The van der Waals surface area contributed by atoms with Crippen LogP contribution in [-0.4, -0.2) is 24.3 Å². The Morgan fingerprint density at radius 3 is 2.76 bits per heavy atom. The van der Waals surface area contributed by atoms with E-state index in [4.69, 9.17) is 18.6 Å². The van der Waals surface area contributed by atoms with Crippen molar-refractivity contribution in [1.29, 1.82) is 0 Å². The Morgan fingerprint density at radius 2 is 1.96 bits per heavy atom. The zero-order chi connectivity index (χ0) is 17.4. The third-order valence-electron chi connectivity index (χ3n) is 4.11. The lowest BCUT2D eigenvalue weighted by molar-refractivity contribution is 0.0664. The van der Waals surface area contributed by atoms with Crippen LogP contribution < -0.4 is 14.2 Å². The highest BCUT2D eigenvalue weighted by atomic mass is 16.6. The first kappa shape index (κ1) is 15.4. The molecule has 0 saturated carbocycles. The summed E-state index contributed by atoms with van der Waals surface area (Å²) in [5.41, 5.74) is 1.98. The van der Waals surface area contributed by atoms with Gasteiger partial charge < -0.3 is 23.7 Å². The Labute approximate surface area is 143 Å². The fraction of sp³-hybridized carbons (Fsp3) is 0.211. The van der Waals surface area contributed by atoms with Crippen molar-refractivity contribution in [1.82, 2.24) is 0 Å². The molecule has 0 fully saturated rings. The Morgan fingerprint density at radius 1 is 1.16 bits per heavy atom. The van der Waals surface area contributed by atoms with Gasteiger partial charge in [0, 0.05) is 5.56 Å². The van der Waals surface area contributed by atoms with Crippen LogP contribution in [0.15, 0.2) is 40.8 Å². The van der Waals surface area contributed by atoms with Crippen molar-refractivity contribution in [3.8, 4) is 17.2 Å². The van der Waals surface area contributed by atoms with Crippen molar-refractivity contribution in [3.05, 3.63) is 53.3 Å². The molecular weight excluding hydrogens is 324 g/mol. The molecule has 0 bridgehead atoms.